The van der Waals surface area contributed by atoms with E-state index < -0.39 is 0 Å². The first kappa shape index (κ1) is 15.6. The van der Waals surface area contributed by atoms with Gasteiger partial charge in [-0.15, -0.1) is 0 Å². The minimum atomic E-state index is -0.151. The third-order valence-corrected chi connectivity index (χ3v) is 4.54. The topological polar surface area (TPSA) is 35.5 Å². The summed E-state index contributed by atoms with van der Waals surface area (Å²) in [6, 6.07) is 12.2. The van der Waals surface area contributed by atoms with E-state index in [1.54, 1.807) is 0 Å². The molecule has 0 fully saturated rings. The van der Waals surface area contributed by atoms with Gasteiger partial charge in [0.1, 0.15) is 17.1 Å². The van der Waals surface area contributed by atoms with Crippen LogP contribution in [0.2, 0.25) is 0 Å². The molecule has 0 spiro atoms. The first-order valence-electron chi connectivity index (χ1n) is 8.08. The molecule has 0 amide bonds. The van der Waals surface area contributed by atoms with E-state index >= 15 is 0 Å². The van der Waals surface area contributed by atoms with Crippen molar-refractivity contribution in [3.8, 4) is 22.6 Å². The zero-order valence-electron chi connectivity index (χ0n) is 13.9. The molecule has 2 aromatic rings. The lowest BCUT2D eigenvalue weighted by Crippen LogP contribution is -2.26. The van der Waals surface area contributed by atoms with Crippen molar-refractivity contribution in [1.82, 2.24) is 0 Å². The Morgan fingerprint density at radius 2 is 1.57 bits per heavy atom. The van der Waals surface area contributed by atoms with Gasteiger partial charge in [-0.2, -0.15) is 0 Å². The van der Waals surface area contributed by atoms with Gasteiger partial charge in [-0.1, -0.05) is 19.1 Å². The maximum absolute atomic E-state index is 10.5. The Hall–Kier alpha value is -2.29. The molecule has 2 aromatic carbocycles. The summed E-state index contributed by atoms with van der Waals surface area (Å²) in [6.07, 6.45) is 2.88. The highest BCUT2D eigenvalue weighted by Gasteiger charge is 2.20. The van der Waals surface area contributed by atoms with Gasteiger partial charge in [-0.25, -0.2) is 0 Å². The van der Waals surface area contributed by atoms with E-state index in [0.29, 0.717) is 12.2 Å². The van der Waals surface area contributed by atoms with Crippen molar-refractivity contribution in [3.05, 3.63) is 47.5 Å². The maximum Gasteiger partial charge on any atom is 0.298 e. The van der Waals surface area contributed by atoms with Crippen LogP contribution >= 0.6 is 0 Å². The predicted molar refractivity (Wildman–Crippen MR) is 91.0 cm³/mol. The number of hydrogen-bond acceptors (Lipinski definition) is 3. The predicted octanol–water partition coefficient (Wildman–Crippen LogP) is 4.55. The third kappa shape index (κ3) is 3.24. The van der Waals surface area contributed by atoms with E-state index in [1.165, 1.54) is 22.3 Å². The van der Waals surface area contributed by atoms with Crippen molar-refractivity contribution in [1.29, 1.82) is 0 Å². The van der Waals surface area contributed by atoms with Gasteiger partial charge in [0.15, 0.2) is 0 Å². The second kappa shape index (κ2) is 6.07. The second-order valence-corrected chi connectivity index (χ2v) is 6.57. The van der Waals surface area contributed by atoms with Gasteiger partial charge in [0.25, 0.3) is 6.47 Å². The zero-order chi connectivity index (χ0) is 16.4. The third-order valence-electron chi connectivity index (χ3n) is 4.54. The Labute approximate surface area is 137 Å². The van der Waals surface area contributed by atoms with Crippen molar-refractivity contribution in [3.63, 3.8) is 0 Å². The molecule has 3 rings (SSSR count). The van der Waals surface area contributed by atoms with Gasteiger partial charge in [-0.3, -0.25) is 4.79 Å². The lowest BCUT2D eigenvalue weighted by atomic mass is 9.85. The first-order valence-corrected chi connectivity index (χ1v) is 8.08. The van der Waals surface area contributed by atoms with E-state index in [4.69, 9.17) is 9.47 Å². The summed E-state index contributed by atoms with van der Waals surface area (Å²) in [5.74, 6) is 1.53. The van der Waals surface area contributed by atoms with Crippen LogP contribution in [0.1, 0.15) is 38.3 Å². The van der Waals surface area contributed by atoms with Crippen LogP contribution < -0.4 is 9.47 Å². The van der Waals surface area contributed by atoms with Crippen LogP contribution in [0, 0.1) is 0 Å². The largest absolute Gasteiger partial charge is 0.488 e. The summed E-state index contributed by atoms with van der Waals surface area (Å²) < 4.78 is 11.0. The Balaban J connectivity index is 1.93. The van der Waals surface area contributed by atoms with E-state index in [0.717, 1.165) is 25.0 Å². The fourth-order valence-corrected chi connectivity index (χ4v) is 2.93. The van der Waals surface area contributed by atoms with Crippen LogP contribution in [0.5, 0.6) is 11.5 Å². The minimum Gasteiger partial charge on any atom is -0.488 e. The highest BCUT2D eigenvalue weighted by molar-refractivity contribution is 5.74. The molecule has 0 atom stereocenters. The molecular weight excluding hydrogens is 288 g/mol. The molecule has 1 aliphatic carbocycles. The summed E-state index contributed by atoms with van der Waals surface area (Å²) in [6.45, 7) is 6.82. The molecule has 3 nitrogen and oxygen atoms in total. The molecule has 3 heteroatoms. The number of fused-ring (bicyclic) bond motifs is 3. The molecule has 23 heavy (non-hydrogen) atoms. The van der Waals surface area contributed by atoms with E-state index in [1.807, 2.05) is 24.3 Å². The van der Waals surface area contributed by atoms with Gasteiger partial charge in [0.2, 0.25) is 0 Å². The average molecular weight is 310 g/mol. The van der Waals surface area contributed by atoms with Crippen LogP contribution in [0.3, 0.4) is 0 Å². The fourth-order valence-electron chi connectivity index (χ4n) is 2.93. The van der Waals surface area contributed by atoms with Crippen LogP contribution in [0.25, 0.3) is 11.1 Å². The Bertz CT molecular complexity index is 732. The standard InChI is InChI=1S/C20H22O3/c1-4-20(2,3)23-17-8-10-19-15(12-17)6-5-14-11-16(22-13-21)7-9-18(14)19/h7-13H,4-6H2,1-3H3. The SMILES string of the molecule is CCC(C)(C)Oc1ccc2c(c1)CCc1cc(OC=O)ccc1-2. The molecule has 1 aliphatic rings. The van der Waals surface area contributed by atoms with Crippen LogP contribution in [-0.4, -0.2) is 12.1 Å². The highest BCUT2D eigenvalue weighted by atomic mass is 16.5. The number of rotatable bonds is 5. The molecule has 0 heterocycles. The number of benzene rings is 2. The zero-order valence-corrected chi connectivity index (χ0v) is 13.9. The van der Waals surface area contributed by atoms with Gasteiger partial charge >= 0.3 is 0 Å². The molecule has 0 bridgehead atoms. The number of hydrogen-bond donors (Lipinski definition) is 0. The van der Waals surface area contributed by atoms with E-state index in [-0.39, 0.29) is 5.60 Å². The summed E-state index contributed by atoms with van der Waals surface area (Å²) in [4.78, 5) is 10.5. The summed E-state index contributed by atoms with van der Waals surface area (Å²) in [5, 5.41) is 0. The molecule has 0 N–H and O–H groups in total. The summed E-state index contributed by atoms with van der Waals surface area (Å²) in [7, 11) is 0. The normalized spacial score (nSPS) is 13.0. The van der Waals surface area contributed by atoms with Crippen molar-refractivity contribution >= 4 is 6.47 Å². The minimum absolute atomic E-state index is 0.151. The Morgan fingerprint density at radius 3 is 2.13 bits per heavy atom. The first-order chi connectivity index (χ1) is 11.0. The lowest BCUT2D eigenvalue weighted by molar-refractivity contribution is -0.120. The van der Waals surface area contributed by atoms with Crippen LogP contribution in [-0.2, 0) is 17.6 Å². The number of carbonyl (C=O) groups excluding carboxylic acids is 1. The monoisotopic (exact) mass is 310 g/mol. The van der Waals surface area contributed by atoms with Gasteiger partial charge < -0.3 is 9.47 Å². The van der Waals surface area contributed by atoms with Gasteiger partial charge in [-0.05, 0) is 79.6 Å². The Morgan fingerprint density at radius 1 is 1.00 bits per heavy atom. The van der Waals surface area contributed by atoms with Crippen LogP contribution in [0.15, 0.2) is 36.4 Å². The van der Waals surface area contributed by atoms with Crippen LogP contribution in [0.4, 0.5) is 0 Å². The lowest BCUT2D eigenvalue weighted by Gasteiger charge is -2.27. The van der Waals surface area contributed by atoms with Crippen molar-refractivity contribution in [2.24, 2.45) is 0 Å². The summed E-state index contributed by atoms with van der Waals surface area (Å²) >= 11 is 0. The maximum atomic E-state index is 10.5. The molecule has 0 aliphatic heterocycles. The molecule has 0 unspecified atom stereocenters. The smallest absolute Gasteiger partial charge is 0.298 e. The fraction of sp³-hybridized carbons (Fsp3) is 0.350. The molecule has 120 valence electrons. The quantitative estimate of drug-likeness (QED) is 0.760. The molecule has 0 aromatic heterocycles. The highest BCUT2D eigenvalue weighted by Crippen LogP contribution is 2.37. The number of aryl methyl sites for hydroxylation is 2. The molecule has 0 saturated carbocycles. The second-order valence-electron chi connectivity index (χ2n) is 6.57. The number of ether oxygens (including phenoxy) is 2. The van der Waals surface area contributed by atoms with Crippen molar-refractivity contribution in [2.45, 2.75) is 45.6 Å². The Kier molecular flexibility index (Phi) is 4.12. The van der Waals surface area contributed by atoms with E-state index in [2.05, 4.69) is 32.9 Å². The average Bonchev–Trinajstić information content (AvgIpc) is 2.54. The van der Waals surface area contributed by atoms with Gasteiger partial charge in [0.05, 0.1) is 0 Å². The van der Waals surface area contributed by atoms with Crippen molar-refractivity contribution in [2.75, 3.05) is 0 Å². The van der Waals surface area contributed by atoms with Gasteiger partial charge in [0, 0.05) is 0 Å². The molecule has 0 saturated heterocycles. The molecule has 0 radical (unpaired) electrons. The number of carbonyl (C=O) groups is 1. The van der Waals surface area contributed by atoms with E-state index in [9.17, 15) is 4.79 Å². The van der Waals surface area contributed by atoms with Crippen molar-refractivity contribution < 1.29 is 14.3 Å². The molecular formula is C20H22O3. The summed E-state index contributed by atoms with van der Waals surface area (Å²) in [5.41, 5.74) is 4.84.